The fourth-order valence-corrected chi connectivity index (χ4v) is 4.61. The maximum atomic E-state index is 13.1. The first-order valence-electron chi connectivity index (χ1n) is 7.79. The molecule has 3 aromatic rings. The third kappa shape index (κ3) is 2.30. The van der Waals surface area contributed by atoms with Crippen molar-refractivity contribution in [2.45, 2.75) is 17.7 Å². The molecule has 122 valence electrons. The first-order chi connectivity index (χ1) is 11.6. The zero-order valence-corrected chi connectivity index (χ0v) is 14.0. The van der Waals surface area contributed by atoms with Gasteiger partial charge in [0.1, 0.15) is 4.90 Å². The second-order valence-corrected chi connectivity index (χ2v) is 7.81. The molecular weight excluding hydrogens is 322 g/mol. The van der Waals surface area contributed by atoms with Crippen molar-refractivity contribution < 1.29 is 8.42 Å². The number of para-hydroxylation sites is 2. The fraction of sp³-hybridized carbons (Fsp3) is 0.167. The third-order valence-corrected chi connectivity index (χ3v) is 6.08. The molecule has 0 aliphatic carbocycles. The van der Waals surface area contributed by atoms with E-state index in [1.54, 1.807) is 10.9 Å². The lowest BCUT2D eigenvalue weighted by Gasteiger charge is -2.18. The van der Waals surface area contributed by atoms with Gasteiger partial charge in [0.15, 0.2) is 0 Å². The summed E-state index contributed by atoms with van der Waals surface area (Å²) >= 11 is 0. The molecule has 0 saturated heterocycles. The Labute approximate surface area is 141 Å². The van der Waals surface area contributed by atoms with E-state index in [1.165, 1.54) is 10.5 Å². The molecule has 1 atom stereocenters. The van der Waals surface area contributed by atoms with Gasteiger partial charge in [-0.05, 0) is 23.8 Å². The van der Waals surface area contributed by atoms with E-state index in [9.17, 15) is 8.42 Å². The van der Waals surface area contributed by atoms with E-state index in [0.717, 1.165) is 16.9 Å². The van der Waals surface area contributed by atoms with Crippen molar-refractivity contribution in [2.75, 3.05) is 10.8 Å². The maximum Gasteiger partial charge on any atom is 0.267 e. The summed E-state index contributed by atoms with van der Waals surface area (Å²) in [5, 5.41) is 4.21. The number of rotatable bonds is 3. The summed E-state index contributed by atoms with van der Waals surface area (Å²) in [4.78, 5) is 0.204. The van der Waals surface area contributed by atoms with Gasteiger partial charge in [0, 0.05) is 12.5 Å². The van der Waals surface area contributed by atoms with Crippen LogP contribution in [-0.2, 0) is 10.0 Å². The number of aromatic nitrogens is 2. The SMILES string of the molecule is CC1CN(S(=O)(=O)c2cnn(-c3ccccc3)c2)c2ccccc21. The number of fused-ring (bicyclic) bond motifs is 1. The predicted octanol–water partition coefficient (Wildman–Crippen LogP) is 3.18. The first kappa shape index (κ1) is 15.0. The quantitative estimate of drug-likeness (QED) is 0.736. The molecule has 1 unspecified atom stereocenters. The van der Waals surface area contributed by atoms with Gasteiger partial charge in [-0.2, -0.15) is 5.10 Å². The Balaban J connectivity index is 1.74. The van der Waals surface area contributed by atoms with Crippen LogP contribution < -0.4 is 4.31 Å². The number of anilines is 1. The van der Waals surface area contributed by atoms with Gasteiger partial charge in [-0.25, -0.2) is 13.1 Å². The minimum absolute atomic E-state index is 0.181. The molecule has 0 amide bonds. The summed E-state index contributed by atoms with van der Waals surface area (Å²) in [6.45, 7) is 2.50. The van der Waals surface area contributed by atoms with Crippen LogP contribution in [0.1, 0.15) is 18.4 Å². The highest BCUT2D eigenvalue weighted by Gasteiger charge is 2.35. The van der Waals surface area contributed by atoms with Crippen molar-refractivity contribution >= 4 is 15.7 Å². The van der Waals surface area contributed by atoms with E-state index in [0.29, 0.717) is 6.54 Å². The maximum absolute atomic E-state index is 13.1. The monoisotopic (exact) mass is 339 g/mol. The summed E-state index contributed by atoms with van der Waals surface area (Å²) in [5.74, 6) is 0.181. The van der Waals surface area contributed by atoms with Crippen molar-refractivity contribution in [3.8, 4) is 5.69 Å². The van der Waals surface area contributed by atoms with Gasteiger partial charge in [0.2, 0.25) is 0 Å². The second-order valence-electron chi connectivity index (χ2n) is 5.95. The number of hydrogen-bond acceptors (Lipinski definition) is 3. The van der Waals surface area contributed by atoms with Crippen LogP contribution in [0.25, 0.3) is 5.69 Å². The number of sulfonamides is 1. The molecule has 0 fully saturated rings. The Morgan fingerprint density at radius 2 is 1.75 bits per heavy atom. The standard InChI is InChI=1S/C18H17N3O2S/c1-14-12-21(18-10-6-5-9-17(14)18)24(22,23)16-11-19-20(13-16)15-7-3-2-4-8-15/h2-11,13-14H,12H2,1H3. The van der Waals surface area contributed by atoms with Crippen LogP contribution in [-0.4, -0.2) is 24.7 Å². The summed E-state index contributed by atoms with van der Waals surface area (Å²) in [5.41, 5.74) is 2.66. The molecule has 1 aromatic heterocycles. The largest absolute Gasteiger partial charge is 0.267 e. The topological polar surface area (TPSA) is 55.2 Å². The molecule has 1 aliphatic heterocycles. The van der Waals surface area contributed by atoms with Gasteiger partial charge < -0.3 is 0 Å². The Bertz CT molecular complexity index is 980. The molecule has 0 bridgehead atoms. The molecule has 0 spiro atoms. The lowest BCUT2D eigenvalue weighted by molar-refractivity contribution is 0.590. The van der Waals surface area contributed by atoms with E-state index in [2.05, 4.69) is 5.10 Å². The van der Waals surface area contributed by atoms with Gasteiger partial charge >= 0.3 is 0 Å². The normalized spacial score (nSPS) is 17.0. The zero-order valence-electron chi connectivity index (χ0n) is 13.2. The minimum atomic E-state index is -3.62. The highest BCUT2D eigenvalue weighted by molar-refractivity contribution is 7.92. The Morgan fingerprint density at radius 1 is 1.04 bits per heavy atom. The molecule has 2 aromatic carbocycles. The fourth-order valence-electron chi connectivity index (χ4n) is 3.09. The van der Waals surface area contributed by atoms with Gasteiger partial charge in [0.25, 0.3) is 10.0 Å². The molecule has 5 nitrogen and oxygen atoms in total. The van der Waals surface area contributed by atoms with Crippen LogP contribution in [0, 0.1) is 0 Å². The van der Waals surface area contributed by atoms with Crippen LogP contribution in [0.4, 0.5) is 5.69 Å². The van der Waals surface area contributed by atoms with Crippen molar-refractivity contribution in [2.24, 2.45) is 0 Å². The average molecular weight is 339 g/mol. The van der Waals surface area contributed by atoms with Crippen LogP contribution in [0.15, 0.2) is 71.9 Å². The smallest absolute Gasteiger partial charge is 0.265 e. The molecule has 0 saturated carbocycles. The lowest BCUT2D eigenvalue weighted by Crippen LogP contribution is -2.29. The van der Waals surface area contributed by atoms with Gasteiger partial charge in [-0.3, -0.25) is 4.31 Å². The van der Waals surface area contributed by atoms with Crippen LogP contribution >= 0.6 is 0 Å². The van der Waals surface area contributed by atoms with Crippen LogP contribution in [0.3, 0.4) is 0 Å². The van der Waals surface area contributed by atoms with E-state index < -0.39 is 10.0 Å². The number of hydrogen-bond donors (Lipinski definition) is 0. The predicted molar refractivity (Wildman–Crippen MR) is 93.0 cm³/mol. The molecule has 4 rings (SSSR count). The Hall–Kier alpha value is -2.60. The lowest BCUT2D eigenvalue weighted by atomic mass is 10.0. The Morgan fingerprint density at radius 3 is 2.54 bits per heavy atom. The highest BCUT2D eigenvalue weighted by Crippen LogP contribution is 2.39. The zero-order chi connectivity index (χ0) is 16.7. The van der Waals surface area contributed by atoms with Gasteiger partial charge in [0.05, 0.1) is 23.8 Å². The summed E-state index contributed by atoms with van der Waals surface area (Å²) < 4.78 is 29.2. The van der Waals surface area contributed by atoms with Crippen LogP contribution in [0.2, 0.25) is 0 Å². The van der Waals surface area contributed by atoms with Crippen molar-refractivity contribution in [3.63, 3.8) is 0 Å². The minimum Gasteiger partial charge on any atom is -0.265 e. The van der Waals surface area contributed by atoms with Crippen molar-refractivity contribution in [1.82, 2.24) is 9.78 Å². The van der Waals surface area contributed by atoms with Gasteiger partial charge in [-0.1, -0.05) is 43.3 Å². The van der Waals surface area contributed by atoms with Crippen molar-refractivity contribution in [1.29, 1.82) is 0 Å². The summed E-state index contributed by atoms with van der Waals surface area (Å²) in [6, 6.07) is 17.1. The molecule has 24 heavy (non-hydrogen) atoms. The van der Waals surface area contributed by atoms with E-state index >= 15 is 0 Å². The van der Waals surface area contributed by atoms with Crippen molar-refractivity contribution in [3.05, 3.63) is 72.6 Å². The molecular formula is C18H17N3O2S. The molecule has 2 heterocycles. The van der Waals surface area contributed by atoms with Gasteiger partial charge in [-0.15, -0.1) is 0 Å². The highest BCUT2D eigenvalue weighted by atomic mass is 32.2. The number of nitrogens with zero attached hydrogens (tertiary/aromatic N) is 3. The molecule has 0 N–H and O–H groups in total. The average Bonchev–Trinajstić information content (AvgIpc) is 3.22. The van der Waals surface area contributed by atoms with E-state index in [-0.39, 0.29) is 10.8 Å². The number of benzene rings is 2. The summed E-state index contributed by atoms with van der Waals surface area (Å²) in [6.07, 6.45) is 2.98. The second kappa shape index (κ2) is 5.49. The molecule has 1 aliphatic rings. The first-order valence-corrected chi connectivity index (χ1v) is 9.23. The Kier molecular flexibility index (Phi) is 3.42. The van der Waals surface area contributed by atoms with E-state index in [4.69, 9.17) is 0 Å². The molecule has 0 radical (unpaired) electrons. The summed E-state index contributed by atoms with van der Waals surface area (Å²) in [7, 11) is -3.62. The van der Waals surface area contributed by atoms with E-state index in [1.807, 2.05) is 61.5 Å². The molecule has 6 heteroatoms. The third-order valence-electron chi connectivity index (χ3n) is 4.34. The van der Waals surface area contributed by atoms with Crippen LogP contribution in [0.5, 0.6) is 0 Å².